The molecule has 0 aliphatic carbocycles. The lowest BCUT2D eigenvalue weighted by molar-refractivity contribution is 0.311. The number of hydrogen-bond acceptors (Lipinski definition) is 3. The van der Waals surface area contributed by atoms with Gasteiger partial charge in [-0.05, 0) is 49.9 Å². The van der Waals surface area contributed by atoms with Crippen LogP contribution >= 0.6 is 24.8 Å². The average molecular weight is 383 g/mol. The third-order valence-electron chi connectivity index (χ3n) is 5.07. The van der Waals surface area contributed by atoms with Crippen molar-refractivity contribution in [3.8, 4) is 0 Å². The summed E-state index contributed by atoms with van der Waals surface area (Å²) in [5.41, 5.74) is 4.06. The Morgan fingerprint density at radius 1 is 1.12 bits per heavy atom. The average Bonchev–Trinajstić information content (AvgIpc) is 3.10. The molecule has 4 rings (SSSR count). The summed E-state index contributed by atoms with van der Waals surface area (Å²) in [5.74, 6) is 0.791. The van der Waals surface area contributed by atoms with E-state index in [1.54, 1.807) is 0 Å². The first kappa shape index (κ1) is 20.2. The molecule has 4 nitrogen and oxygen atoms in total. The van der Waals surface area contributed by atoms with Crippen molar-refractivity contribution in [2.24, 2.45) is 5.92 Å². The quantitative estimate of drug-likeness (QED) is 0.880. The monoisotopic (exact) mass is 382 g/mol. The van der Waals surface area contributed by atoms with Gasteiger partial charge in [0.1, 0.15) is 0 Å². The molecule has 1 fully saturated rings. The summed E-state index contributed by atoms with van der Waals surface area (Å²) in [6, 6.07) is 13.2. The largest absolute Gasteiger partial charge is 0.311 e. The van der Waals surface area contributed by atoms with E-state index in [9.17, 15) is 0 Å². The molecule has 1 unspecified atom stereocenters. The van der Waals surface area contributed by atoms with Crippen molar-refractivity contribution >= 4 is 24.8 Å². The van der Waals surface area contributed by atoms with E-state index in [-0.39, 0.29) is 24.8 Å². The van der Waals surface area contributed by atoms with Crippen LogP contribution in [0.25, 0.3) is 0 Å². The Kier molecular flexibility index (Phi) is 7.76. The maximum atomic E-state index is 4.82. The van der Waals surface area contributed by atoms with Crippen molar-refractivity contribution in [2.75, 3.05) is 19.6 Å². The Balaban J connectivity index is 0.00000113. The van der Waals surface area contributed by atoms with Crippen LogP contribution in [0.1, 0.15) is 29.8 Å². The number of halogens is 2. The molecule has 0 spiro atoms. The minimum Gasteiger partial charge on any atom is -0.311 e. The molecule has 1 aromatic carbocycles. The Labute approximate surface area is 162 Å². The first-order valence-corrected chi connectivity index (χ1v) is 8.89. The minimum absolute atomic E-state index is 0. The zero-order valence-corrected chi connectivity index (χ0v) is 16.2. The van der Waals surface area contributed by atoms with Gasteiger partial charge in [0.15, 0.2) is 0 Å². The van der Waals surface area contributed by atoms with E-state index >= 15 is 0 Å². The summed E-state index contributed by atoms with van der Waals surface area (Å²) in [4.78, 5) is 2.57. The highest BCUT2D eigenvalue weighted by atomic mass is 35.5. The fraction of sp³-hybridized carbons (Fsp3) is 0.526. The van der Waals surface area contributed by atoms with E-state index in [0.717, 1.165) is 32.1 Å². The standard InChI is InChI=1S/C19H26N4.2ClH/c1-2-5-16(6-3-1)11-17-7-10-22(14-17)15-18-12-19-13-20-8-4-9-23(19)21-18;;/h1-3,5-6,12,17,20H,4,7-11,13-15H2;2*1H. The van der Waals surface area contributed by atoms with E-state index < -0.39 is 0 Å². The molecule has 1 N–H and O–H groups in total. The van der Waals surface area contributed by atoms with Gasteiger partial charge in [0.05, 0.1) is 11.4 Å². The van der Waals surface area contributed by atoms with Crippen molar-refractivity contribution in [2.45, 2.75) is 38.9 Å². The fourth-order valence-electron chi connectivity index (χ4n) is 3.90. The molecule has 2 aliphatic rings. The number of nitrogens with zero attached hydrogens (tertiary/aromatic N) is 3. The minimum atomic E-state index is 0. The summed E-state index contributed by atoms with van der Waals surface area (Å²) in [7, 11) is 0. The fourth-order valence-corrected chi connectivity index (χ4v) is 3.90. The molecule has 2 aromatic rings. The highest BCUT2D eigenvalue weighted by molar-refractivity contribution is 5.85. The number of fused-ring (bicyclic) bond motifs is 1. The number of aromatic nitrogens is 2. The Morgan fingerprint density at radius 3 is 2.80 bits per heavy atom. The molecule has 138 valence electrons. The molecule has 1 saturated heterocycles. The zero-order chi connectivity index (χ0) is 15.5. The number of nitrogens with one attached hydrogen (secondary N) is 1. The van der Waals surface area contributed by atoms with Crippen LogP contribution in [0.3, 0.4) is 0 Å². The van der Waals surface area contributed by atoms with Crippen LogP contribution in [0.5, 0.6) is 0 Å². The second-order valence-corrected chi connectivity index (χ2v) is 6.96. The van der Waals surface area contributed by atoms with Gasteiger partial charge in [0, 0.05) is 26.2 Å². The molecule has 3 heterocycles. The molecule has 2 aliphatic heterocycles. The van der Waals surface area contributed by atoms with Crippen molar-refractivity contribution < 1.29 is 0 Å². The maximum Gasteiger partial charge on any atom is 0.0768 e. The number of likely N-dealkylation sites (tertiary alicyclic amines) is 1. The number of rotatable bonds is 4. The lowest BCUT2D eigenvalue weighted by Crippen LogP contribution is -2.21. The van der Waals surface area contributed by atoms with Crippen LogP contribution in [0.2, 0.25) is 0 Å². The lowest BCUT2D eigenvalue weighted by atomic mass is 9.99. The molecular weight excluding hydrogens is 355 g/mol. The molecule has 25 heavy (non-hydrogen) atoms. The van der Waals surface area contributed by atoms with E-state index in [4.69, 9.17) is 5.10 Å². The van der Waals surface area contributed by atoms with Crippen LogP contribution in [-0.2, 0) is 26.1 Å². The van der Waals surface area contributed by atoms with Crippen LogP contribution < -0.4 is 5.32 Å². The van der Waals surface area contributed by atoms with Crippen LogP contribution in [0, 0.1) is 5.92 Å². The number of aryl methyl sites for hydroxylation is 1. The topological polar surface area (TPSA) is 33.1 Å². The SMILES string of the molecule is Cl.Cl.c1ccc(CC2CCN(Cc3cc4n(n3)CCCNC4)C2)cc1. The van der Waals surface area contributed by atoms with Gasteiger partial charge >= 0.3 is 0 Å². The van der Waals surface area contributed by atoms with E-state index in [2.05, 4.69) is 51.3 Å². The molecule has 6 heteroatoms. The number of benzene rings is 1. The van der Waals surface area contributed by atoms with Crippen molar-refractivity contribution in [3.63, 3.8) is 0 Å². The maximum absolute atomic E-state index is 4.82. The first-order chi connectivity index (χ1) is 11.4. The van der Waals surface area contributed by atoms with Crippen molar-refractivity contribution in [3.05, 3.63) is 53.3 Å². The van der Waals surface area contributed by atoms with Gasteiger partial charge < -0.3 is 5.32 Å². The van der Waals surface area contributed by atoms with Crippen molar-refractivity contribution in [1.29, 1.82) is 0 Å². The highest BCUT2D eigenvalue weighted by Crippen LogP contribution is 2.22. The summed E-state index contributed by atoms with van der Waals surface area (Å²) in [6.45, 7) is 6.53. The first-order valence-electron chi connectivity index (χ1n) is 8.89. The van der Waals surface area contributed by atoms with E-state index in [0.29, 0.717) is 0 Å². The lowest BCUT2D eigenvalue weighted by Gasteiger charge is -2.14. The van der Waals surface area contributed by atoms with Gasteiger partial charge in [-0.15, -0.1) is 24.8 Å². The smallest absolute Gasteiger partial charge is 0.0768 e. The van der Waals surface area contributed by atoms with Gasteiger partial charge in [0.2, 0.25) is 0 Å². The highest BCUT2D eigenvalue weighted by Gasteiger charge is 2.23. The van der Waals surface area contributed by atoms with Gasteiger partial charge in [-0.2, -0.15) is 5.10 Å². The van der Waals surface area contributed by atoms with Crippen LogP contribution in [0.4, 0.5) is 0 Å². The van der Waals surface area contributed by atoms with Crippen LogP contribution in [-0.4, -0.2) is 34.3 Å². The van der Waals surface area contributed by atoms with Gasteiger partial charge in [-0.3, -0.25) is 9.58 Å². The molecule has 0 saturated carbocycles. The normalized spacial score (nSPS) is 20.2. The predicted molar refractivity (Wildman–Crippen MR) is 107 cm³/mol. The molecule has 0 radical (unpaired) electrons. The van der Waals surface area contributed by atoms with Gasteiger partial charge in [0.25, 0.3) is 0 Å². The summed E-state index contributed by atoms with van der Waals surface area (Å²) >= 11 is 0. The molecule has 1 aromatic heterocycles. The van der Waals surface area contributed by atoms with Gasteiger partial charge in [-0.25, -0.2) is 0 Å². The second-order valence-electron chi connectivity index (χ2n) is 6.96. The Hall–Kier alpha value is -1.07. The molecule has 0 bridgehead atoms. The van der Waals surface area contributed by atoms with Crippen molar-refractivity contribution in [1.82, 2.24) is 20.0 Å². The summed E-state index contributed by atoms with van der Waals surface area (Å²) in [6.07, 6.45) is 3.70. The Bertz CT molecular complexity index is 621. The van der Waals surface area contributed by atoms with E-state index in [1.165, 1.54) is 49.3 Å². The third kappa shape index (κ3) is 5.20. The predicted octanol–water partition coefficient (Wildman–Crippen LogP) is 3.28. The van der Waals surface area contributed by atoms with Crippen LogP contribution in [0.15, 0.2) is 36.4 Å². The third-order valence-corrected chi connectivity index (χ3v) is 5.07. The second kappa shape index (κ2) is 9.58. The van der Waals surface area contributed by atoms with Gasteiger partial charge in [-0.1, -0.05) is 30.3 Å². The number of hydrogen-bond donors (Lipinski definition) is 1. The summed E-state index contributed by atoms with van der Waals surface area (Å²) in [5, 5.41) is 8.29. The molecular formula is C19H28Cl2N4. The zero-order valence-electron chi connectivity index (χ0n) is 14.6. The molecule has 0 amide bonds. The van der Waals surface area contributed by atoms with E-state index in [1.807, 2.05) is 0 Å². The Morgan fingerprint density at radius 2 is 1.96 bits per heavy atom. The molecule has 1 atom stereocenters. The summed E-state index contributed by atoms with van der Waals surface area (Å²) < 4.78 is 2.20.